The Morgan fingerprint density at radius 1 is 0.527 bits per heavy atom. The molecule has 0 unspecified atom stereocenters. The van der Waals surface area contributed by atoms with Gasteiger partial charge in [0.05, 0.1) is 12.2 Å². The van der Waals surface area contributed by atoms with E-state index >= 15 is 0 Å². The van der Waals surface area contributed by atoms with Crippen molar-refractivity contribution in [3.63, 3.8) is 0 Å². The fraction of sp³-hybridized carbons (Fsp3) is 0.174. The second-order valence-electron chi connectivity index (χ2n) is 11.3. The number of aliphatic hydroxyl groups excluding tert-OH is 1. The lowest BCUT2D eigenvalue weighted by atomic mass is 9.98. The molecule has 6 aromatic rings. The SMILES string of the molecule is C.C.C.C.Cc1ccc(-c2cc(Cl)ccc2Cl)c(CO)c1.Cc1ccc(-c2cc(Cl)ccc2Cl)c(COC(=O)c2ccccc2)c1.O=C(Cl)c1ccccc1. The van der Waals surface area contributed by atoms with E-state index in [4.69, 9.17) is 62.7 Å². The molecule has 4 nitrogen and oxygen atoms in total. The summed E-state index contributed by atoms with van der Waals surface area (Å²) in [6.07, 6.45) is 0. The summed E-state index contributed by atoms with van der Waals surface area (Å²) in [4.78, 5) is 22.6. The molecule has 9 heteroatoms. The summed E-state index contributed by atoms with van der Waals surface area (Å²) in [5.41, 5.74) is 8.48. The molecule has 55 heavy (non-hydrogen) atoms. The molecule has 0 aliphatic carbocycles. The quantitative estimate of drug-likeness (QED) is 0.128. The van der Waals surface area contributed by atoms with Crippen LogP contribution < -0.4 is 0 Å². The first-order chi connectivity index (χ1) is 24.5. The highest BCUT2D eigenvalue weighted by molar-refractivity contribution is 6.67. The van der Waals surface area contributed by atoms with Crippen LogP contribution in [0.1, 0.15) is 72.7 Å². The molecule has 0 saturated heterocycles. The van der Waals surface area contributed by atoms with Crippen LogP contribution in [0.5, 0.6) is 0 Å². The molecule has 0 amide bonds. The van der Waals surface area contributed by atoms with Gasteiger partial charge < -0.3 is 9.84 Å². The highest BCUT2D eigenvalue weighted by Crippen LogP contribution is 2.35. The molecule has 0 fully saturated rings. The van der Waals surface area contributed by atoms with Crippen molar-refractivity contribution in [2.45, 2.75) is 56.8 Å². The standard InChI is InChI=1S/C21H16Cl2O2.C14H12Cl2O.C7H5ClO.4CH4/c1-14-7-9-18(19-12-17(22)8-10-20(19)23)16(11-14)13-25-21(24)15-5-3-2-4-6-15;1-9-2-4-12(10(6-9)8-17)13-7-11(15)3-5-14(13)16;8-7(9)6-4-2-1-3-5-6;;;;/h2-12H,13H2,1H3;2-7,17H,8H2,1H3;1-5H;4*1H4. The number of hydrogen-bond donors (Lipinski definition) is 1. The first-order valence-electron chi connectivity index (χ1n) is 15.6. The maximum absolute atomic E-state index is 12.2. The number of rotatable bonds is 7. The summed E-state index contributed by atoms with van der Waals surface area (Å²) < 4.78 is 5.49. The van der Waals surface area contributed by atoms with Gasteiger partial charge in [-0.05, 0) is 96.2 Å². The van der Waals surface area contributed by atoms with Gasteiger partial charge in [-0.25, -0.2) is 4.79 Å². The number of carbonyl (C=O) groups excluding carboxylic acids is 2. The van der Waals surface area contributed by atoms with Gasteiger partial charge in [-0.15, -0.1) is 0 Å². The number of esters is 1. The van der Waals surface area contributed by atoms with E-state index in [1.165, 1.54) is 0 Å². The summed E-state index contributed by atoms with van der Waals surface area (Å²) in [5, 5.41) is 11.5. The third-order valence-electron chi connectivity index (χ3n) is 7.50. The minimum Gasteiger partial charge on any atom is -0.457 e. The lowest BCUT2D eigenvalue weighted by molar-refractivity contribution is 0.0473. The Morgan fingerprint density at radius 2 is 0.945 bits per heavy atom. The molecule has 0 atom stereocenters. The number of aryl methyl sites for hydroxylation is 2. The highest BCUT2D eigenvalue weighted by atomic mass is 35.5. The van der Waals surface area contributed by atoms with Gasteiger partial charge in [-0.1, -0.05) is 172 Å². The molecule has 1 N–H and O–H groups in total. The Morgan fingerprint density at radius 3 is 1.36 bits per heavy atom. The number of hydrogen-bond acceptors (Lipinski definition) is 4. The van der Waals surface area contributed by atoms with Gasteiger partial charge in [0.2, 0.25) is 0 Å². The highest BCUT2D eigenvalue weighted by Gasteiger charge is 2.13. The molecule has 0 spiro atoms. The molecule has 0 aliphatic rings. The lowest BCUT2D eigenvalue weighted by Crippen LogP contribution is -2.06. The molecule has 6 aromatic carbocycles. The van der Waals surface area contributed by atoms with Crippen molar-refractivity contribution in [3.8, 4) is 22.3 Å². The topological polar surface area (TPSA) is 63.6 Å². The Bertz CT molecular complexity index is 2100. The van der Waals surface area contributed by atoms with Crippen molar-refractivity contribution < 1.29 is 19.4 Å². The van der Waals surface area contributed by atoms with E-state index in [2.05, 4.69) is 0 Å². The zero-order chi connectivity index (χ0) is 36.9. The largest absolute Gasteiger partial charge is 0.457 e. The van der Waals surface area contributed by atoms with Crippen LogP contribution >= 0.6 is 58.0 Å². The van der Waals surface area contributed by atoms with Crippen LogP contribution in [-0.4, -0.2) is 16.3 Å². The van der Waals surface area contributed by atoms with Gasteiger partial charge in [0.25, 0.3) is 5.24 Å². The molecular weight excluding hydrogens is 794 g/mol. The Labute approximate surface area is 352 Å². The number of halogens is 5. The monoisotopic (exact) mass is 840 g/mol. The number of aliphatic hydroxyl groups is 1. The van der Waals surface area contributed by atoms with Crippen LogP contribution in [0.15, 0.2) is 133 Å². The van der Waals surface area contributed by atoms with Gasteiger partial charge in [0.1, 0.15) is 6.61 Å². The molecule has 0 aliphatic heterocycles. The fourth-order valence-electron chi connectivity index (χ4n) is 5.00. The van der Waals surface area contributed by atoms with Gasteiger partial charge >= 0.3 is 5.97 Å². The van der Waals surface area contributed by atoms with Crippen LogP contribution in [0.3, 0.4) is 0 Å². The minimum atomic E-state index is -0.407. The zero-order valence-corrected chi connectivity index (χ0v) is 31.5. The van der Waals surface area contributed by atoms with E-state index < -0.39 is 5.24 Å². The van der Waals surface area contributed by atoms with E-state index in [9.17, 15) is 14.7 Å². The van der Waals surface area contributed by atoms with Crippen LogP contribution in [-0.2, 0) is 18.0 Å². The molecule has 0 bridgehead atoms. The minimum absolute atomic E-state index is 0. The summed E-state index contributed by atoms with van der Waals surface area (Å²) in [7, 11) is 0. The molecule has 292 valence electrons. The maximum atomic E-state index is 12.2. The van der Waals surface area contributed by atoms with Crippen molar-refractivity contribution in [2.24, 2.45) is 0 Å². The predicted octanol–water partition coefficient (Wildman–Crippen LogP) is 15.4. The number of ether oxygens (including phenoxy) is 1. The van der Waals surface area contributed by atoms with E-state index in [0.717, 1.165) is 44.5 Å². The third kappa shape index (κ3) is 15.1. The van der Waals surface area contributed by atoms with Crippen LogP contribution in [0.2, 0.25) is 20.1 Å². The van der Waals surface area contributed by atoms with Gasteiger partial charge in [-0.2, -0.15) is 0 Å². The lowest BCUT2D eigenvalue weighted by Gasteiger charge is -2.13. The van der Waals surface area contributed by atoms with Crippen molar-refractivity contribution in [3.05, 3.63) is 187 Å². The van der Waals surface area contributed by atoms with Crippen molar-refractivity contribution >= 4 is 69.2 Å². The summed E-state index contributed by atoms with van der Waals surface area (Å²) in [5.74, 6) is -0.356. The molecular formula is C46H49Cl5O4. The van der Waals surface area contributed by atoms with E-state index in [0.29, 0.717) is 31.2 Å². The predicted molar refractivity (Wildman–Crippen MR) is 238 cm³/mol. The van der Waals surface area contributed by atoms with Gasteiger partial charge in [-0.3, -0.25) is 4.79 Å². The zero-order valence-electron chi connectivity index (χ0n) is 27.7. The average molecular weight is 843 g/mol. The van der Waals surface area contributed by atoms with E-state index in [1.54, 1.807) is 72.8 Å². The van der Waals surface area contributed by atoms with Crippen LogP contribution in [0, 0.1) is 13.8 Å². The Balaban J connectivity index is 0.000000847. The maximum Gasteiger partial charge on any atom is 0.338 e. The van der Waals surface area contributed by atoms with E-state index in [1.807, 2.05) is 74.5 Å². The van der Waals surface area contributed by atoms with Crippen LogP contribution in [0.25, 0.3) is 22.3 Å². The normalized spacial score (nSPS) is 9.53. The number of benzene rings is 6. The first-order valence-corrected chi connectivity index (χ1v) is 17.5. The molecule has 0 saturated carbocycles. The Hall–Kier alpha value is -4.13. The summed E-state index contributed by atoms with van der Waals surface area (Å²) in [6.45, 7) is 4.13. The third-order valence-corrected chi connectivity index (χ3v) is 8.85. The first kappa shape index (κ1) is 50.9. The average Bonchev–Trinajstić information content (AvgIpc) is 3.14. The van der Waals surface area contributed by atoms with Gasteiger partial charge in [0.15, 0.2) is 0 Å². The number of carbonyl (C=O) groups is 2. The van der Waals surface area contributed by atoms with Crippen molar-refractivity contribution in [1.29, 1.82) is 0 Å². The van der Waals surface area contributed by atoms with Crippen molar-refractivity contribution in [2.75, 3.05) is 0 Å². The second-order valence-corrected chi connectivity index (χ2v) is 13.3. The smallest absolute Gasteiger partial charge is 0.338 e. The molecule has 0 heterocycles. The second kappa shape index (κ2) is 25.1. The fourth-order valence-corrected chi connectivity index (χ4v) is 5.91. The molecule has 0 radical (unpaired) electrons. The Kier molecular flexibility index (Phi) is 23.2. The van der Waals surface area contributed by atoms with Crippen molar-refractivity contribution in [1.82, 2.24) is 0 Å². The van der Waals surface area contributed by atoms with E-state index in [-0.39, 0.29) is 48.9 Å². The summed E-state index contributed by atoms with van der Waals surface area (Å²) >= 11 is 29.7. The summed E-state index contributed by atoms with van der Waals surface area (Å²) in [6, 6.07) is 40.2. The van der Waals surface area contributed by atoms with Gasteiger partial charge in [0, 0.05) is 36.8 Å². The molecule has 0 aromatic heterocycles. The molecule has 6 rings (SSSR count). The van der Waals surface area contributed by atoms with Crippen LogP contribution in [0.4, 0.5) is 0 Å².